The largest absolute Gasteiger partial charge is 0.331 e. The number of amides is 2. The Balaban J connectivity index is 1.72. The predicted octanol–water partition coefficient (Wildman–Crippen LogP) is 2.87. The Morgan fingerprint density at radius 3 is 2.64 bits per heavy atom. The van der Waals surface area contributed by atoms with Crippen molar-refractivity contribution in [2.24, 2.45) is 13.0 Å². The summed E-state index contributed by atoms with van der Waals surface area (Å²) in [6.07, 6.45) is 6.20. The van der Waals surface area contributed by atoms with Crippen molar-refractivity contribution in [3.05, 3.63) is 42.2 Å². The van der Waals surface area contributed by atoms with Gasteiger partial charge < -0.3 is 5.32 Å². The van der Waals surface area contributed by atoms with Crippen molar-refractivity contribution < 1.29 is 4.79 Å². The van der Waals surface area contributed by atoms with Crippen LogP contribution in [0.15, 0.2) is 36.7 Å². The fourth-order valence-electron chi connectivity index (χ4n) is 3.11. The number of benzene rings is 1. The summed E-state index contributed by atoms with van der Waals surface area (Å²) >= 11 is 0. The van der Waals surface area contributed by atoms with Gasteiger partial charge in [0.05, 0.1) is 6.04 Å². The Kier molecular flexibility index (Phi) is 4.37. The number of carbonyl (C=O) groups excluding carboxylic acids is 1. The third-order valence-corrected chi connectivity index (χ3v) is 4.25. The molecule has 3 rings (SSSR count). The van der Waals surface area contributed by atoms with Gasteiger partial charge in [-0.3, -0.25) is 5.32 Å². The summed E-state index contributed by atoms with van der Waals surface area (Å²) in [4.78, 5) is 16.3. The van der Waals surface area contributed by atoms with Gasteiger partial charge in [-0.2, -0.15) is 10.1 Å². The summed E-state index contributed by atoms with van der Waals surface area (Å²) < 4.78 is 1.53. The Hall–Kier alpha value is -2.37. The maximum absolute atomic E-state index is 12.3. The number of aromatic nitrogens is 3. The first-order valence-electron chi connectivity index (χ1n) is 7.70. The van der Waals surface area contributed by atoms with Crippen LogP contribution >= 0.6 is 0 Å². The molecule has 1 saturated carbocycles. The van der Waals surface area contributed by atoms with Crippen molar-refractivity contribution in [1.82, 2.24) is 20.1 Å². The minimum Gasteiger partial charge on any atom is -0.331 e. The molecule has 1 aromatic heterocycles. The maximum Gasteiger partial charge on any atom is 0.322 e. The number of aryl methyl sites for hydroxylation is 1. The number of carbonyl (C=O) groups is 1. The van der Waals surface area contributed by atoms with E-state index in [0.29, 0.717) is 11.9 Å². The quantitative estimate of drug-likeness (QED) is 0.912. The molecule has 0 bridgehead atoms. The zero-order valence-electron chi connectivity index (χ0n) is 12.7. The highest BCUT2D eigenvalue weighted by Gasteiger charge is 2.27. The van der Waals surface area contributed by atoms with Gasteiger partial charge in [-0.25, -0.2) is 9.48 Å². The standard InChI is InChI=1S/C16H21N5O/c1-21-15(17-11-18-21)20-16(22)19-14(13-9-5-6-10-13)12-7-3-2-4-8-12/h2-4,7-8,11,13-14H,5-6,9-10H2,1H3,(H2,17,18,19,20,22). The molecule has 6 heteroatoms. The van der Waals surface area contributed by atoms with E-state index in [4.69, 9.17) is 0 Å². The van der Waals surface area contributed by atoms with E-state index in [1.807, 2.05) is 18.2 Å². The lowest BCUT2D eigenvalue weighted by atomic mass is 9.92. The molecule has 2 amide bonds. The van der Waals surface area contributed by atoms with Crippen molar-refractivity contribution in [1.29, 1.82) is 0 Å². The van der Waals surface area contributed by atoms with E-state index in [2.05, 4.69) is 32.8 Å². The molecule has 0 radical (unpaired) electrons. The van der Waals surface area contributed by atoms with Gasteiger partial charge in [0.15, 0.2) is 0 Å². The molecule has 0 aliphatic heterocycles. The zero-order valence-corrected chi connectivity index (χ0v) is 12.7. The number of anilines is 1. The monoisotopic (exact) mass is 299 g/mol. The van der Waals surface area contributed by atoms with E-state index < -0.39 is 0 Å². The van der Waals surface area contributed by atoms with Crippen LogP contribution in [0.1, 0.15) is 37.3 Å². The molecule has 1 aliphatic carbocycles. The molecule has 0 spiro atoms. The number of hydrogen-bond acceptors (Lipinski definition) is 3. The van der Waals surface area contributed by atoms with Crippen LogP contribution in [0.25, 0.3) is 0 Å². The summed E-state index contributed by atoms with van der Waals surface area (Å²) in [6, 6.07) is 9.97. The molecule has 6 nitrogen and oxygen atoms in total. The van der Waals surface area contributed by atoms with Gasteiger partial charge in [-0.05, 0) is 24.3 Å². The first-order chi connectivity index (χ1) is 10.7. The van der Waals surface area contributed by atoms with Gasteiger partial charge in [-0.15, -0.1) is 0 Å². The third-order valence-electron chi connectivity index (χ3n) is 4.25. The highest BCUT2D eigenvalue weighted by atomic mass is 16.2. The smallest absolute Gasteiger partial charge is 0.322 e. The van der Waals surface area contributed by atoms with E-state index in [0.717, 1.165) is 18.4 Å². The van der Waals surface area contributed by atoms with Crippen molar-refractivity contribution in [2.75, 3.05) is 5.32 Å². The Morgan fingerprint density at radius 2 is 2.00 bits per heavy atom. The molecule has 1 aliphatic rings. The first kappa shape index (κ1) is 14.6. The van der Waals surface area contributed by atoms with Crippen molar-refractivity contribution >= 4 is 12.0 Å². The van der Waals surface area contributed by atoms with Gasteiger partial charge >= 0.3 is 6.03 Å². The summed E-state index contributed by atoms with van der Waals surface area (Å²) in [5, 5.41) is 9.81. The van der Waals surface area contributed by atoms with Gasteiger partial charge in [0, 0.05) is 7.05 Å². The third kappa shape index (κ3) is 3.27. The lowest BCUT2D eigenvalue weighted by Crippen LogP contribution is -2.36. The highest BCUT2D eigenvalue weighted by Crippen LogP contribution is 2.35. The average Bonchev–Trinajstić information content (AvgIpc) is 3.18. The molecular weight excluding hydrogens is 278 g/mol. The van der Waals surface area contributed by atoms with Crippen molar-refractivity contribution in [3.8, 4) is 0 Å². The molecule has 1 heterocycles. The van der Waals surface area contributed by atoms with Gasteiger partial charge in [0.1, 0.15) is 6.33 Å². The Bertz CT molecular complexity index is 618. The van der Waals surface area contributed by atoms with Crippen LogP contribution in [-0.4, -0.2) is 20.8 Å². The number of urea groups is 1. The summed E-state index contributed by atoms with van der Waals surface area (Å²) in [5.74, 6) is 0.934. The van der Waals surface area contributed by atoms with Crippen molar-refractivity contribution in [3.63, 3.8) is 0 Å². The van der Waals surface area contributed by atoms with Crippen LogP contribution in [0.2, 0.25) is 0 Å². The van der Waals surface area contributed by atoms with E-state index >= 15 is 0 Å². The number of hydrogen-bond donors (Lipinski definition) is 2. The zero-order chi connectivity index (χ0) is 15.4. The molecule has 1 fully saturated rings. The fourth-order valence-corrected chi connectivity index (χ4v) is 3.11. The molecule has 116 valence electrons. The molecule has 1 atom stereocenters. The topological polar surface area (TPSA) is 71.8 Å². The lowest BCUT2D eigenvalue weighted by Gasteiger charge is -2.25. The van der Waals surface area contributed by atoms with Crippen LogP contribution in [0.5, 0.6) is 0 Å². The first-order valence-corrected chi connectivity index (χ1v) is 7.70. The number of rotatable bonds is 4. The summed E-state index contributed by atoms with van der Waals surface area (Å²) in [6.45, 7) is 0. The molecule has 22 heavy (non-hydrogen) atoms. The maximum atomic E-state index is 12.3. The van der Waals surface area contributed by atoms with Crippen LogP contribution < -0.4 is 10.6 Å². The number of nitrogens with zero attached hydrogens (tertiary/aromatic N) is 3. The highest BCUT2D eigenvalue weighted by molar-refractivity contribution is 5.87. The predicted molar refractivity (Wildman–Crippen MR) is 84.3 cm³/mol. The molecular formula is C16H21N5O. The average molecular weight is 299 g/mol. The molecule has 0 saturated heterocycles. The van der Waals surface area contributed by atoms with Gasteiger partial charge in [0.25, 0.3) is 0 Å². The second-order valence-electron chi connectivity index (χ2n) is 5.74. The lowest BCUT2D eigenvalue weighted by molar-refractivity contribution is 0.242. The van der Waals surface area contributed by atoms with E-state index in [1.54, 1.807) is 7.05 Å². The second kappa shape index (κ2) is 6.60. The van der Waals surface area contributed by atoms with E-state index in [1.165, 1.54) is 23.9 Å². The molecule has 1 aromatic carbocycles. The van der Waals surface area contributed by atoms with Gasteiger partial charge in [-0.1, -0.05) is 43.2 Å². The SMILES string of the molecule is Cn1ncnc1NC(=O)NC(c1ccccc1)C1CCCC1. The summed E-state index contributed by atoms with van der Waals surface area (Å²) in [7, 11) is 1.74. The minimum absolute atomic E-state index is 0.0388. The molecule has 2 N–H and O–H groups in total. The Labute approximate surface area is 129 Å². The molecule has 2 aromatic rings. The Morgan fingerprint density at radius 1 is 1.27 bits per heavy atom. The normalized spacial score (nSPS) is 16.4. The van der Waals surface area contributed by atoms with E-state index in [9.17, 15) is 4.79 Å². The second-order valence-corrected chi connectivity index (χ2v) is 5.74. The van der Waals surface area contributed by atoms with Gasteiger partial charge in [0.2, 0.25) is 5.95 Å². The van der Waals surface area contributed by atoms with Crippen LogP contribution in [0.3, 0.4) is 0 Å². The summed E-state index contributed by atoms with van der Waals surface area (Å²) in [5.41, 5.74) is 1.16. The minimum atomic E-state index is -0.239. The van der Waals surface area contributed by atoms with Crippen LogP contribution in [0.4, 0.5) is 10.7 Å². The van der Waals surface area contributed by atoms with Crippen LogP contribution in [-0.2, 0) is 7.05 Å². The van der Waals surface area contributed by atoms with Crippen molar-refractivity contribution in [2.45, 2.75) is 31.7 Å². The van der Waals surface area contributed by atoms with E-state index in [-0.39, 0.29) is 12.1 Å². The number of nitrogens with one attached hydrogen (secondary N) is 2. The molecule has 1 unspecified atom stereocenters. The van der Waals surface area contributed by atoms with Crippen LogP contribution in [0, 0.1) is 5.92 Å². The fraction of sp³-hybridized carbons (Fsp3) is 0.438.